The molecule has 0 atom stereocenters. The van der Waals surface area contributed by atoms with Gasteiger partial charge in [0.2, 0.25) is 0 Å². The van der Waals surface area contributed by atoms with Crippen LogP contribution in [-0.4, -0.2) is 6.73 Å². The summed E-state index contributed by atoms with van der Waals surface area (Å²) in [4.78, 5) is 0. The van der Waals surface area contributed by atoms with Gasteiger partial charge in [-0.05, 0) is 24.6 Å². The van der Waals surface area contributed by atoms with Gasteiger partial charge in [0.25, 0.3) is 0 Å². The average Bonchev–Trinajstić information content (AvgIpc) is 2.07. The lowest BCUT2D eigenvalue weighted by molar-refractivity contribution is 0.466. The lowest BCUT2D eigenvalue weighted by atomic mass is 10.2. The summed E-state index contributed by atoms with van der Waals surface area (Å²) in [6, 6.07) is 5.72. The first-order valence-corrected chi connectivity index (χ1v) is 4.73. The van der Waals surface area contributed by atoms with E-state index in [4.69, 9.17) is 14.7 Å². The Hall–Kier alpha value is -0.000000000000000111. The second-order valence-electron chi connectivity index (χ2n) is 2.39. The SMILES string of the molecule is Cc1ccc(Cl)cc1NCOI. The van der Waals surface area contributed by atoms with Crippen LogP contribution in [0.4, 0.5) is 5.69 Å². The molecule has 2 nitrogen and oxygen atoms in total. The summed E-state index contributed by atoms with van der Waals surface area (Å²) in [6.07, 6.45) is 0. The van der Waals surface area contributed by atoms with Crippen molar-refractivity contribution in [3.05, 3.63) is 28.8 Å². The fourth-order valence-corrected chi connectivity index (χ4v) is 1.22. The van der Waals surface area contributed by atoms with Crippen LogP contribution >= 0.6 is 34.6 Å². The summed E-state index contributed by atoms with van der Waals surface area (Å²) in [5.74, 6) is 0. The third kappa shape index (κ3) is 2.80. The van der Waals surface area contributed by atoms with Crippen molar-refractivity contribution < 1.29 is 3.07 Å². The first kappa shape index (κ1) is 10.1. The zero-order chi connectivity index (χ0) is 8.97. The molecule has 1 N–H and O–H groups in total. The van der Waals surface area contributed by atoms with Crippen LogP contribution in [0.2, 0.25) is 5.02 Å². The van der Waals surface area contributed by atoms with Gasteiger partial charge in [0, 0.05) is 10.7 Å². The van der Waals surface area contributed by atoms with Crippen LogP contribution in [0.1, 0.15) is 5.56 Å². The summed E-state index contributed by atoms with van der Waals surface area (Å²) in [5, 5.41) is 3.82. The van der Waals surface area contributed by atoms with E-state index in [9.17, 15) is 0 Å². The first-order chi connectivity index (χ1) is 5.74. The number of benzene rings is 1. The van der Waals surface area contributed by atoms with E-state index in [-0.39, 0.29) is 0 Å². The minimum Gasteiger partial charge on any atom is -0.362 e. The van der Waals surface area contributed by atoms with Crippen molar-refractivity contribution in [1.29, 1.82) is 0 Å². The Kier molecular flexibility index (Phi) is 4.11. The maximum absolute atomic E-state index is 5.81. The Morgan fingerprint density at radius 1 is 1.58 bits per heavy atom. The molecule has 1 rings (SSSR count). The Morgan fingerprint density at radius 3 is 3.00 bits per heavy atom. The van der Waals surface area contributed by atoms with E-state index in [0.29, 0.717) is 6.73 Å². The van der Waals surface area contributed by atoms with Crippen LogP contribution in [0.5, 0.6) is 0 Å². The quantitative estimate of drug-likeness (QED) is 0.682. The van der Waals surface area contributed by atoms with Crippen molar-refractivity contribution in [3.63, 3.8) is 0 Å². The zero-order valence-electron chi connectivity index (χ0n) is 6.60. The minimum atomic E-state index is 0.488. The van der Waals surface area contributed by atoms with Gasteiger partial charge in [-0.1, -0.05) is 17.7 Å². The Morgan fingerprint density at radius 2 is 2.33 bits per heavy atom. The number of halogens is 2. The molecule has 0 bridgehead atoms. The molecule has 0 unspecified atom stereocenters. The van der Waals surface area contributed by atoms with Crippen LogP contribution in [0.3, 0.4) is 0 Å². The first-order valence-electron chi connectivity index (χ1n) is 3.47. The van der Waals surface area contributed by atoms with Crippen LogP contribution in [0.25, 0.3) is 0 Å². The molecule has 0 aliphatic rings. The molecule has 0 aliphatic heterocycles. The predicted molar refractivity (Wildman–Crippen MR) is 59.8 cm³/mol. The zero-order valence-corrected chi connectivity index (χ0v) is 9.52. The fraction of sp³-hybridized carbons (Fsp3) is 0.250. The van der Waals surface area contributed by atoms with Gasteiger partial charge in [-0.2, -0.15) is 0 Å². The molecule has 0 saturated carbocycles. The van der Waals surface area contributed by atoms with E-state index >= 15 is 0 Å². The summed E-state index contributed by atoms with van der Waals surface area (Å²) < 4.78 is 4.86. The maximum atomic E-state index is 5.81. The summed E-state index contributed by atoms with van der Waals surface area (Å²) in [7, 11) is 0. The third-order valence-electron chi connectivity index (χ3n) is 1.52. The highest BCUT2D eigenvalue weighted by Crippen LogP contribution is 2.19. The predicted octanol–water partition coefficient (Wildman–Crippen LogP) is 3.38. The third-order valence-corrected chi connectivity index (χ3v) is 2.06. The topological polar surface area (TPSA) is 21.3 Å². The number of rotatable bonds is 3. The normalized spacial score (nSPS) is 9.92. The van der Waals surface area contributed by atoms with Crippen LogP contribution in [0.15, 0.2) is 18.2 Å². The minimum absolute atomic E-state index is 0.488. The molecule has 12 heavy (non-hydrogen) atoms. The summed E-state index contributed by atoms with van der Waals surface area (Å²) >= 11 is 7.65. The van der Waals surface area contributed by atoms with E-state index in [1.165, 1.54) is 0 Å². The molecular formula is C8H9ClINO. The highest BCUT2D eigenvalue weighted by atomic mass is 127. The molecule has 0 spiro atoms. The number of aryl methyl sites for hydroxylation is 1. The summed E-state index contributed by atoms with van der Waals surface area (Å²) in [5.41, 5.74) is 2.17. The second-order valence-corrected chi connectivity index (χ2v) is 3.45. The number of hydrogen-bond acceptors (Lipinski definition) is 2. The van der Waals surface area contributed by atoms with Crippen molar-refractivity contribution in [2.24, 2.45) is 0 Å². The molecule has 0 radical (unpaired) electrons. The highest BCUT2D eigenvalue weighted by Gasteiger charge is 1.97. The van der Waals surface area contributed by atoms with E-state index in [1.54, 1.807) is 0 Å². The fourth-order valence-electron chi connectivity index (χ4n) is 0.890. The van der Waals surface area contributed by atoms with E-state index < -0.39 is 0 Å². The molecule has 0 aromatic heterocycles. The van der Waals surface area contributed by atoms with E-state index in [1.807, 2.05) is 48.1 Å². The Labute approximate surface area is 90.9 Å². The molecule has 0 saturated heterocycles. The second kappa shape index (κ2) is 4.89. The molecule has 1 aromatic carbocycles. The van der Waals surface area contributed by atoms with Gasteiger partial charge < -0.3 is 5.32 Å². The van der Waals surface area contributed by atoms with Gasteiger partial charge in [0.1, 0.15) is 29.7 Å². The van der Waals surface area contributed by atoms with Gasteiger partial charge in [0.05, 0.1) is 0 Å². The largest absolute Gasteiger partial charge is 0.362 e. The standard InChI is InChI=1S/C8H9ClINO/c1-6-2-3-7(9)4-8(6)11-5-12-10/h2-4,11H,5H2,1H3. The molecule has 0 fully saturated rings. The number of hydrogen-bond donors (Lipinski definition) is 1. The van der Waals surface area contributed by atoms with Crippen molar-refractivity contribution >= 4 is 40.3 Å². The molecular weight excluding hydrogens is 288 g/mol. The van der Waals surface area contributed by atoms with Gasteiger partial charge in [0.15, 0.2) is 0 Å². The van der Waals surface area contributed by atoms with Crippen LogP contribution < -0.4 is 5.32 Å². The van der Waals surface area contributed by atoms with Crippen molar-refractivity contribution in [3.8, 4) is 0 Å². The lowest BCUT2D eigenvalue weighted by Gasteiger charge is -2.07. The Bertz CT molecular complexity index is 267. The Balaban J connectivity index is 2.75. The number of anilines is 1. The van der Waals surface area contributed by atoms with Gasteiger partial charge in [-0.3, -0.25) is 3.07 Å². The average molecular weight is 298 g/mol. The van der Waals surface area contributed by atoms with Crippen LogP contribution in [-0.2, 0) is 3.07 Å². The van der Waals surface area contributed by atoms with Crippen molar-refractivity contribution in [2.75, 3.05) is 12.0 Å². The monoisotopic (exact) mass is 297 g/mol. The van der Waals surface area contributed by atoms with Crippen molar-refractivity contribution in [1.82, 2.24) is 0 Å². The van der Waals surface area contributed by atoms with E-state index in [2.05, 4.69) is 5.32 Å². The van der Waals surface area contributed by atoms with Crippen molar-refractivity contribution in [2.45, 2.75) is 6.92 Å². The van der Waals surface area contributed by atoms with Gasteiger partial charge in [-0.25, -0.2) is 0 Å². The maximum Gasteiger partial charge on any atom is 0.128 e. The smallest absolute Gasteiger partial charge is 0.128 e. The highest BCUT2D eigenvalue weighted by molar-refractivity contribution is 14.1. The molecule has 1 aromatic rings. The summed E-state index contributed by atoms with van der Waals surface area (Å²) in [6.45, 7) is 2.51. The molecule has 0 heterocycles. The van der Waals surface area contributed by atoms with E-state index in [0.717, 1.165) is 16.3 Å². The number of nitrogens with one attached hydrogen (secondary N) is 1. The molecule has 4 heteroatoms. The molecule has 0 aliphatic carbocycles. The van der Waals surface area contributed by atoms with Gasteiger partial charge >= 0.3 is 0 Å². The lowest BCUT2D eigenvalue weighted by Crippen LogP contribution is -2.01. The van der Waals surface area contributed by atoms with Crippen LogP contribution in [0, 0.1) is 6.92 Å². The van der Waals surface area contributed by atoms with Gasteiger partial charge in [-0.15, -0.1) is 0 Å². The molecule has 0 amide bonds. The molecule has 66 valence electrons.